The summed E-state index contributed by atoms with van der Waals surface area (Å²) in [5, 5.41) is 38.0. The Labute approximate surface area is 438 Å². The Morgan fingerprint density at radius 3 is 1.47 bits per heavy atom. The minimum atomic E-state index is -0.0146. The maximum Gasteiger partial charge on any atom is 0.208 e. The van der Waals surface area contributed by atoms with E-state index in [1.807, 2.05) is 97.1 Å². The highest BCUT2D eigenvalue weighted by Crippen LogP contribution is 2.32. The van der Waals surface area contributed by atoms with Gasteiger partial charge >= 0.3 is 0 Å². The van der Waals surface area contributed by atoms with E-state index >= 15 is 0 Å². The fourth-order valence-electron chi connectivity index (χ4n) is 7.95. The van der Waals surface area contributed by atoms with Crippen molar-refractivity contribution in [3.8, 4) is 0 Å². The molecule has 0 bridgehead atoms. The number of anilines is 1. The molecule has 2 atom stereocenters. The van der Waals surface area contributed by atoms with Gasteiger partial charge in [-0.05, 0) is 121 Å². The zero-order valence-electron chi connectivity index (χ0n) is 39.7. The van der Waals surface area contributed by atoms with Gasteiger partial charge in [0, 0.05) is 105 Å². The Morgan fingerprint density at radius 2 is 1.01 bits per heavy atom. The zero-order chi connectivity index (χ0) is 50.6. The molecule has 0 spiro atoms. The lowest BCUT2D eigenvalue weighted by Crippen LogP contribution is -2.19. The number of hydrogen-bond donors (Lipinski definition) is 1. The molecule has 2 aliphatic heterocycles. The van der Waals surface area contributed by atoms with Gasteiger partial charge in [0.2, 0.25) is 5.13 Å². The van der Waals surface area contributed by atoms with Crippen LogP contribution in [0.25, 0.3) is 0 Å². The molecule has 1 N–H and O–H groups in total. The molecule has 0 aromatic carbocycles. The number of nitrogens with zero attached hydrogens (tertiary/aromatic N) is 13. The molecule has 8 aromatic heterocycles. The van der Waals surface area contributed by atoms with E-state index < -0.39 is 0 Å². The molecule has 2 saturated heterocycles. The van der Waals surface area contributed by atoms with Crippen LogP contribution in [0, 0.1) is 0 Å². The molecule has 0 unspecified atom stereocenters. The van der Waals surface area contributed by atoms with Gasteiger partial charge in [0.25, 0.3) is 0 Å². The summed E-state index contributed by atoms with van der Waals surface area (Å²) in [5.41, 5.74) is 6.66. The lowest BCUT2D eigenvalue weighted by molar-refractivity contribution is -0.118. The van der Waals surface area contributed by atoms with E-state index in [-0.39, 0.29) is 41.9 Å². The molecule has 2 fully saturated rings. The number of carbonyl (C=O) groups excluding carboxylic acids is 4. The summed E-state index contributed by atoms with van der Waals surface area (Å²) in [5.74, 6) is 0.828. The van der Waals surface area contributed by atoms with Crippen molar-refractivity contribution in [3.05, 3.63) is 181 Å². The Hall–Kier alpha value is -7.20. The second-order valence-corrected chi connectivity index (χ2v) is 20.4. The van der Waals surface area contributed by atoms with Gasteiger partial charge in [0.05, 0.1) is 35.6 Å². The highest BCUT2D eigenvalue weighted by molar-refractivity contribution is 9.11. The summed E-state index contributed by atoms with van der Waals surface area (Å²) < 4.78 is 0.633. The maximum atomic E-state index is 12.6. The first kappa shape index (κ1) is 52.1. The quantitative estimate of drug-likeness (QED) is 0.0795. The molecule has 2 aliphatic rings. The van der Waals surface area contributed by atoms with Crippen LogP contribution in [0.5, 0.6) is 0 Å². The molecule has 73 heavy (non-hydrogen) atoms. The standard InChI is InChI=1S/C26H25N7O2S.C16H18N4O.C10H8BrN3OS/c34-22(15-20-6-2-4-13-28-20)16-21-7-9-23(30-29-21)18-11-14-33(17-18)26-32-31-25(36-26)24(35)10-8-19-5-1-3-12-27-19;21-15(9-13-3-1-2-7-18-13)10-14-4-5-16(20-19-14)12-6-8-17-11-12;11-10-14-13-9(16-10)8(15)5-4-7-3-1-2-6-12-7/h1-7,9,12-13,18H,8,10-11,14-17H2;1-5,7,12,17H,6,8-11H2;1-3,6H,4-5H2/t18-;12-;/m11./s1. The van der Waals surface area contributed by atoms with Crippen LogP contribution >= 0.6 is 38.6 Å². The van der Waals surface area contributed by atoms with E-state index in [0.29, 0.717) is 64.1 Å². The average Bonchev–Trinajstić information content (AvgIpc) is 4.29. The van der Waals surface area contributed by atoms with Crippen molar-refractivity contribution in [2.24, 2.45) is 0 Å². The molecule has 10 heterocycles. The Balaban J connectivity index is 0.000000162. The summed E-state index contributed by atoms with van der Waals surface area (Å²) in [7, 11) is 0. The lowest BCUT2D eigenvalue weighted by Gasteiger charge is -2.13. The van der Waals surface area contributed by atoms with E-state index in [1.165, 1.54) is 22.7 Å². The van der Waals surface area contributed by atoms with Gasteiger partial charge in [0.15, 0.2) is 25.5 Å². The van der Waals surface area contributed by atoms with Gasteiger partial charge in [-0.2, -0.15) is 20.4 Å². The van der Waals surface area contributed by atoms with Crippen LogP contribution in [-0.4, -0.2) is 110 Å². The second-order valence-electron chi connectivity index (χ2n) is 17.2. The Kier molecular flexibility index (Phi) is 19.3. The second kappa shape index (κ2) is 27.0. The van der Waals surface area contributed by atoms with Crippen LogP contribution in [0.2, 0.25) is 0 Å². The monoisotopic (exact) mass is 1080 g/mol. The number of hydrogen-bond acceptors (Lipinski definition) is 20. The van der Waals surface area contributed by atoms with Crippen LogP contribution < -0.4 is 10.2 Å². The predicted octanol–water partition coefficient (Wildman–Crippen LogP) is 7.10. The number of aryl methyl sites for hydroxylation is 2. The minimum Gasteiger partial charge on any atom is -0.346 e. The van der Waals surface area contributed by atoms with Crippen LogP contribution in [0.4, 0.5) is 5.13 Å². The molecule has 10 rings (SSSR count). The smallest absolute Gasteiger partial charge is 0.208 e. The molecular weight excluding hydrogens is 1030 g/mol. The normalized spacial score (nSPS) is 14.9. The molecule has 0 aliphatic carbocycles. The van der Waals surface area contributed by atoms with Crippen molar-refractivity contribution in [2.75, 3.05) is 31.1 Å². The fraction of sp³-hybridized carbons (Fsp3) is 0.308. The number of nitrogens with one attached hydrogen (secondary N) is 1. The third kappa shape index (κ3) is 16.4. The number of Topliss-reactive ketones (excluding diaryl/α,β-unsaturated/α-hetero) is 4. The molecular formula is C52H51BrN14O4S2. The molecule has 0 saturated carbocycles. The van der Waals surface area contributed by atoms with Crippen molar-refractivity contribution >= 4 is 66.9 Å². The van der Waals surface area contributed by atoms with E-state index in [4.69, 9.17) is 0 Å². The van der Waals surface area contributed by atoms with Gasteiger partial charge in [-0.15, -0.1) is 20.4 Å². The molecule has 372 valence electrons. The van der Waals surface area contributed by atoms with Gasteiger partial charge in [-0.3, -0.25) is 39.1 Å². The predicted molar refractivity (Wildman–Crippen MR) is 278 cm³/mol. The van der Waals surface area contributed by atoms with E-state index in [9.17, 15) is 19.2 Å². The molecule has 0 radical (unpaired) electrons. The first-order chi connectivity index (χ1) is 35.7. The van der Waals surface area contributed by atoms with E-state index in [1.54, 1.807) is 24.8 Å². The first-order valence-electron chi connectivity index (χ1n) is 23.8. The summed E-state index contributed by atoms with van der Waals surface area (Å²) in [6.45, 7) is 3.56. The summed E-state index contributed by atoms with van der Waals surface area (Å²) in [6.07, 6.45) is 12.0. The van der Waals surface area contributed by atoms with E-state index in [2.05, 4.69) is 86.9 Å². The molecule has 21 heteroatoms. The molecule has 0 amide bonds. The van der Waals surface area contributed by atoms with Crippen molar-refractivity contribution < 1.29 is 19.2 Å². The summed E-state index contributed by atoms with van der Waals surface area (Å²) in [4.78, 5) is 67.5. The van der Waals surface area contributed by atoms with Gasteiger partial charge in [0.1, 0.15) is 11.6 Å². The topological polar surface area (TPSA) is 238 Å². The Bertz CT molecular complexity index is 3000. The fourth-order valence-corrected chi connectivity index (χ4v) is 9.87. The van der Waals surface area contributed by atoms with Crippen molar-refractivity contribution in [2.45, 2.75) is 76.0 Å². The van der Waals surface area contributed by atoms with Gasteiger partial charge in [-0.25, -0.2) is 0 Å². The number of aromatic nitrogens is 12. The van der Waals surface area contributed by atoms with E-state index in [0.717, 1.165) is 84.0 Å². The Morgan fingerprint density at radius 1 is 0.521 bits per heavy atom. The van der Waals surface area contributed by atoms with Crippen molar-refractivity contribution in [3.63, 3.8) is 0 Å². The zero-order valence-corrected chi connectivity index (χ0v) is 43.0. The summed E-state index contributed by atoms with van der Waals surface area (Å²) >= 11 is 5.77. The van der Waals surface area contributed by atoms with Crippen LogP contribution in [0.3, 0.4) is 0 Å². The molecule has 8 aromatic rings. The number of rotatable bonds is 19. The van der Waals surface area contributed by atoms with Gasteiger partial charge < -0.3 is 10.2 Å². The number of halogens is 1. The SMILES string of the molecule is O=C(CCc1ccccn1)c1nnc(Br)s1.O=C(Cc1ccccn1)Cc1ccc([C@@H]2CCN(c3nnc(C(=O)CCc4ccccn4)s3)C2)nn1.O=C(Cc1ccccn1)Cc1ccc([C@@H]2CCNC2)nn1. The maximum absolute atomic E-state index is 12.6. The highest BCUT2D eigenvalue weighted by Gasteiger charge is 2.28. The number of carbonyl (C=O) groups is 4. The highest BCUT2D eigenvalue weighted by atomic mass is 79.9. The van der Waals surface area contributed by atoms with Crippen molar-refractivity contribution in [1.29, 1.82) is 0 Å². The third-order valence-corrected chi connectivity index (χ3v) is 14.2. The van der Waals surface area contributed by atoms with Crippen LogP contribution in [0.1, 0.15) is 103 Å². The minimum absolute atomic E-state index is 0.00820. The summed E-state index contributed by atoms with van der Waals surface area (Å²) in [6, 6.07) is 30.2. The number of ketones is 4. The van der Waals surface area contributed by atoms with Crippen LogP contribution in [-0.2, 0) is 48.1 Å². The third-order valence-electron chi connectivity index (χ3n) is 11.8. The largest absolute Gasteiger partial charge is 0.346 e. The van der Waals surface area contributed by atoms with Crippen LogP contribution in [0.15, 0.2) is 126 Å². The lowest BCUT2D eigenvalue weighted by atomic mass is 10.0. The average molecular weight is 1080 g/mol. The van der Waals surface area contributed by atoms with Gasteiger partial charge in [-0.1, -0.05) is 46.9 Å². The first-order valence-corrected chi connectivity index (χ1v) is 26.3. The number of pyridine rings is 4. The molecule has 18 nitrogen and oxygen atoms in total. The van der Waals surface area contributed by atoms with Crippen molar-refractivity contribution in [1.82, 2.24) is 66.0 Å².